The van der Waals surface area contributed by atoms with Crippen LogP contribution in [0.3, 0.4) is 0 Å². The van der Waals surface area contributed by atoms with E-state index < -0.39 is 34.6 Å². The molecule has 4 N–H and O–H groups in total. The number of carbonyl (C=O) groups is 3. The van der Waals surface area contributed by atoms with E-state index in [-0.39, 0.29) is 6.04 Å². The van der Waals surface area contributed by atoms with Crippen molar-refractivity contribution in [1.82, 2.24) is 0 Å². The first kappa shape index (κ1) is 23.5. The summed E-state index contributed by atoms with van der Waals surface area (Å²) in [6, 6.07) is 2.38. The predicted molar refractivity (Wildman–Crippen MR) is 108 cm³/mol. The number of aromatic carboxylic acids is 3. The third-order valence-corrected chi connectivity index (χ3v) is 4.72. The molecule has 7 heteroatoms. The van der Waals surface area contributed by atoms with Crippen molar-refractivity contribution >= 4 is 23.6 Å². The first-order valence-electron chi connectivity index (χ1n) is 9.92. The van der Waals surface area contributed by atoms with Crippen LogP contribution in [-0.4, -0.2) is 39.3 Å². The predicted octanol–water partition coefficient (Wildman–Crippen LogP) is 5.11. The van der Waals surface area contributed by atoms with E-state index in [2.05, 4.69) is 12.2 Å². The molecule has 1 rings (SSSR count). The molecule has 0 amide bonds. The SMILES string of the molecule is CCCCCCCCCCC(C)Nc1cc(C(=O)O)c(C(=O)O)c(C(=O)O)c1. The van der Waals surface area contributed by atoms with E-state index in [0.29, 0.717) is 5.69 Å². The zero-order valence-electron chi connectivity index (χ0n) is 16.7. The van der Waals surface area contributed by atoms with Gasteiger partial charge in [0.25, 0.3) is 0 Å². The Bertz CT molecular complexity index is 650. The molecule has 0 bridgehead atoms. The lowest BCUT2D eigenvalue weighted by Crippen LogP contribution is -2.19. The highest BCUT2D eigenvalue weighted by atomic mass is 16.4. The first-order chi connectivity index (χ1) is 13.3. The van der Waals surface area contributed by atoms with E-state index in [9.17, 15) is 29.7 Å². The Morgan fingerprint density at radius 2 is 1.29 bits per heavy atom. The van der Waals surface area contributed by atoms with Gasteiger partial charge in [-0.15, -0.1) is 0 Å². The summed E-state index contributed by atoms with van der Waals surface area (Å²) < 4.78 is 0. The lowest BCUT2D eigenvalue weighted by atomic mass is 9.99. The van der Waals surface area contributed by atoms with Crippen molar-refractivity contribution in [3.8, 4) is 0 Å². The second-order valence-corrected chi connectivity index (χ2v) is 7.17. The molecule has 7 nitrogen and oxygen atoms in total. The van der Waals surface area contributed by atoms with Gasteiger partial charge in [-0.05, 0) is 25.5 Å². The molecular formula is C21H31NO6. The molecule has 0 saturated carbocycles. The number of unbranched alkanes of at least 4 members (excludes halogenated alkanes) is 7. The van der Waals surface area contributed by atoms with Crippen molar-refractivity contribution in [2.45, 2.75) is 77.7 Å². The standard InChI is InChI=1S/C21H31NO6/c1-3-4-5-6-7-8-9-10-11-14(2)22-15-12-16(19(23)24)18(21(27)28)17(13-15)20(25)26/h12-14,22H,3-11H2,1-2H3,(H,23,24)(H,25,26)(H,27,28). The summed E-state index contributed by atoms with van der Waals surface area (Å²) in [5, 5.41) is 30.8. The fraction of sp³-hybridized carbons (Fsp3) is 0.571. The van der Waals surface area contributed by atoms with Gasteiger partial charge in [-0.25, -0.2) is 14.4 Å². The van der Waals surface area contributed by atoms with Crippen LogP contribution >= 0.6 is 0 Å². The Hall–Kier alpha value is -2.57. The number of hydrogen-bond acceptors (Lipinski definition) is 4. The minimum Gasteiger partial charge on any atom is -0.478 e. The molecule has 0 aliphatic carbocycles. The fourth-order valence-electron chi connectivity index (χ4n) is 3.23. The first-order valence-corrected chi connectivity index (χ1v) is 9.92. The Morgan fingerprint density at radius 3 is 1.71 bits per heavy atom. The second-order valence-electron chi connectivity index (χ2n) is 7.17. The van der Waals surface area contributed by atoms with Crippen LogP contribution < -0.4 is 5.32 Å². The zero-order valence-corrected chi connectivity index (χ0v) is 16.7. The van der Waals surface area contributed by atoms with Gasteiger partial charge in [0.2, 0.25) is 0 Å². The van der Waals surface area contributed by atoms with E-state index in [4.69, 9.17) is 0 Å². The van der Waals surface area contributed by atoms with E-state index in [1.54, 1.807) is 0 Å². The van der Waals surface area contributed by atoms with Gasteiger partial charge < -0.3 is 20.6 Å². The number of carboxylic acids is 3. The minimum atomic E-state index is -1.58. The molecule has 0 radical (unpaired) electrons. The molecule has 28 heavy (non-hydrogen) atoms. The molecule has 0 aliphatic rings. The molecule has 0 aromatic heterocycles. The van der Waals surface area contributed by atoms with Crippen molar-refractivity contribution in [3.63, 3.8) is 0 Å². The van der Waals surface area contributed by atoms with Crippen molar-refractivity contribution < 1.29 is 29.7 Å². The van der Waals surface area contributed by atoms with Gasteiger partial charge in [-0.1, -0.05) is 58.3 Å². The summed E-state index contributed by atoms with van der Waals surface area (Å²) in [4.78, 5) is 34.1. The van der Waals surface area contributed by atoms with Crippen LogP contribution in [0.1, 0.15) is 103 Å². The topological polar surface area (TPSA) is 124 Å². The largest absolute Gasteiger partial charge is 0.478 e. The average molecular weight is 393 g/mol. The van der Waals surface area contributed by atoms with Crippen LogP contribution in [0.2, 0.25) is 0 Å². The maximum Gasteiger partial charge on any atom is 0.337 e. The van der Waals surface area contributed by atoms with E-state index in [0.717, 1.165) is 19.3 Å². The second kappa shape index (κ2) is 12.0. The molecule has 0 aliphatic heterocycles. The molecule has 1 atom stereocenters. The van der Waals surface area contributed by atoms with Crippen molar-refractivity contribution in [1.29, 1.82) is 0 Å². The number of benzene rings is 1. The van der Waals surface area contributed by atoms with E-state index >= 15 is 0 Å². The average Bonchev–Trinajstić information content (AvgIpc) is 2.62. The maximum absolute atomic E-state index is 11.4. The molecular weight excluding hydrogens is 362 g/mol. The summed E-state index contributed by atoms with van der Waals surface area (Å²) >= 11 is 0. The van der Waals surface area contributed by atoms with Crippen LogP contribution in [0, 0.1) is 0 Å². The molecule has 1 aromatic rings. The third kappa shape index (κ3) is 7.58. The molecule has 1 unspecified atom stereocenters. The molecule has 156 valence electrons. The lowest BCUT2D eigenvalue weighted by Gasteiger charge is -2.17. The smallest absolute Gasteiger partial charge is 0.337 e. The molecule has 1 aromatic carbocycles. The van der Waals surface area contributed by atoms with Crippen molar-refractivity contribution in [2.75, 3.05) is 5.32 Å². The fourth-order valence-corrected chi connectivity index (χ4v) is 3.23. The highest BCUT2D eigenvalue weighted by Crippen LogP contribution is 2.23. The van der Waals surface area contributed by atoms with Crippen molar-refractivity contribution in [2.24, 2.45) is 0 Å². The van der Waals surface area contributed by atoms with Crippen LogP contribution in [0.5, 0.6) is 0 Å². The summed E-state index contributed by atoms with van der Waals surface area (Å²) in [5.41, 5.74) is -1.48. The van der Waals surface area contributed by atoms with Crippen LogP contribution in [-0.2, 0) is 0 Å². The Balaban J connectivity index is 2.67. The van der Waals surface area contributed by atoms with Crippen LogP contribution in [0.25, 0.3) is 0 Å². The Morgan fingerprint density at radius 1 is 0.821 bits per heavy atom. The molecule has 0 heterocycles. The zero-order chi connectivity index (χ0) is 21.1. The lowest BCUT2D eigenvalue weighted by molar-refractivity contribution is 0.0633. The minimum absolute atomic E-state index is 0.0130. The number of rotatable bonds is 14. The normalized spacial score (nSPS) is 11.8. The van der Waals surface area contributed by atoms with Gasteiger partial charge in [0, 0.05) is 11.7 Å². The summed E-state index contributed by atoms with van der Waals surface area (Å²) in [6.45, 7) is 4.13. The number of hydrogen-bond donors (Lipinski definition) is 4. The maximum atomic E-state index is 11.4. The Labute approximate surface area is 165 Å². The number of carboxylic acid groups (broad SMARTS) is 3. The number of anilines is 1. The van der Waals surface area contributed by atoms with Gasteiger partial charge in [0.1, 0.15) is 0 Å². The van der Waals surface area contributed by atoms with Crippen molar-refractivity contribution in [3.05, 3.63) is 28.8 Å². The van der Waals surface area contributed by atoms with Crippen LogP contribution in [0.4, 0.5) is 5.69 Å². The summed E-state index contributed by atoms with van der Waals surface area (Å²) in [6.07, 6.45) is 10.5. The van der Waals surface area contributed by atoms with Gasteiger partial charge in [0.05, 0.1) is 16.7 Å². The van der Waals surface area contributed by atoms with Gasteiger partial charge in [-0.2, -0.15) is 0 Å². The van der Waals surface area contributed by atoms with Gasteiger partial charge in [0.15, 0.2) is 0 Å². The Kier molecular flexibility index (Phi) is 10.1. The van der Waals surface area contributed by atoms with E-state index in [1.807, 2.05) is 6.92 Å². The molecule has 0 spiro atoms. The molecule has 0 saturated heterocycles. The number of nitrogens with one attached hydrogen (secondary N) is 1. The van der Waals surface area contributed by atoms with E-state index in [1.165, 1.54) is 50.7 Å². The summed E-state index contributed by atoms with van der Waals surface area (Å²) in [7, 11) is 0. The van der Waals surface area contributed by atoms with Crippen LogP contribution in [0.15, 0.2) is 12.1 Å². The highest BCUT2D eigenvalue weighted by Gasteiger charge is 2.25. The van der Waals surface area contributed by atoms with Gasteiger partial charge >= 0.3 is 17.9 Å². The van der Waals surface area contributed by atoms with Gasteiger partial charge in [-0.3, -0.25) is 0 Å². The third-order valence-electron chi connectivity index (χ3n) is 4.72. The monoisotopic (exact) mass is 393 g/mol. The molecule has 0 fully saturated rings. The quantitative estimate of drug-likeness (QED) is 0.324. The summed E-state index contributed by atoms with van der Waals surface area (Å²) in [5.74, 6) is -4.52. The highest BCUT2D eigenvalue weighted by molar-refractivity contribution is 6.10.